The van der Waals surface area contributed by atoms with Gasteiger partial charge in [0.1, 0.15) is 0 Å². The van der Waals surface area contributed by atoms with Crippen LogP contribution in [0.1, 0.15) is 12.8 Å². The van der Waals surface area contributed by atoms with Gasteiger partial charge in [0.2, 0.25) is 5.91 Å². The smallest absolute Gasteiger partial charge is 0.239 e. The highest BCUT2D eigenvalue weighted by atomic mass is 16.5. The van der Waals surface area contributed by atoms with Crippen molar-refractivity contribution in [1.29, 1.82) is 0 Å². The third-order valence-electron chi connectivity index (χ3n) is 2.61. The van der Waals surface area contributed by atoms with Crippen molar-refractivity contribution < 1.29 is 9.53 Å². The SMILES string of the molecule is NC(N)=NCCC[C@@H](N)C(=O)N1CCOCC1. The van der Waals surface area contributed by atoms with Gasteiger partial charge in [0.05, 0.1) is 19.3 Å². The fourth-order valence-electron chi connectivity index (χ4n) is 1.66. The topological polar surface area (TPSA) is 120 Å². The van der Waals surface area contributed by atoms with E-state index in [1.807, 2.05) is 0 Å². The van der Waals surface area contributed by atoms with Crippen molar-refractivity contribution in [3.8, 4) is 0 Å². The van der Waals surface area contributed by atoms with Gasteiger partial charge in [0.25, 0.3) is 0 Å². The van der Waals surface area contributed by atoms with E-state index in [4.69, 9.17) is 21.9 Å². The molecule has 1 fully saturated rings. The van der Waals surface area contributed by atoms with E-state index in [0.717, 1.165) is 0 Å². The van der Waals surface area contributed by atoms with E-state index >= 15 is 0 Å². The van der Waals surface area contributed by atoms with Crippen molar-refractivity contribution in [1.82, 2.24) is 4.90 Å². The summed E-state index contributed by atoms with van der Waals surface area (Å²) in [6, 6.07) is -0.470. The highest BCUT2D eigenvalue weighted by molar-refractivity contribution is 5.81. The minimum atomic E-state index is -0.470. The summed E-state index contributed by atoms with van der Waals surface area (Å²) < 4.78 is 5.17. The number of nitrogens with zero attached hydrogens (tertiary/aromatic N) is 2. The van der Waals surface area contributed by atoms with Crippen molar-refractivity contribution in [2.24, 2.45) is 22.2 Å². The molecule has 0 aromatic rings. The zero-order valence-electron chi connectivity index (χ0n) is 9.97. The van der Waals surface area contributed by atoms with Crippen molar-refractivity contribution in [2.75, 3.05) is 32.8 Å². The third kappa shape index (κ3) is 5.01. The minimum absolute atomic E-state index is 0.0157. The highest BCUT2D eigenvalue weighted by Gasteiger charge is 2.22. The zero-order valence-corrected chi connectivity index (χ0v) is 9.97. The molecule has 0 unspecified atom stereocenters. The Balaban J connectivity index is 2.24. The van der Waals surface area contributed by atoms with Gasteiger partial charge in [-0.2, -0.15) is 0 Å². The summed E-state index contributed by atoms with van der Waals surface area (Å²) in [7, 11) is 0. The van der Waals surface area contributed by atoms with Gasteiger partial charge < -0.3 is 26.8 Å². The Morgan fingerprint density at radius 1 is 1.35 bits per heavy atom. The van der Waals surface area contributed by atoms with Crippen LogP contribution < -0.4 is 17.2 Å². The zero-order chi connectivity index (χ0) is 12.7. The number of rotatable bonds is 5. The number of carbonyl (C=O) groups excluding carboxylic acids is 1. The molecule has 0 aromatic carbocycles. The van der Waals surface area contributed by atoms with Crippen LogP contribution in [-0.2, 0) is 9.53 Å². The van der Waals surface area contributed by atoms with E-state index in [1.165, 1.54) is 0 Å². The van der Waals surface area contributed by atoms with Crippen LogP contribution in [0.25, 0.3) is 0 Å². The van der Waals surface area contributed by atoms with Gasteiger partial charge in [-0.15, -0.1) is 0 Å². The van der Waals surface area contributed by atoms with Gasteiger partial charge in [-0.3, -0.25) is 9.79 Å². The van der Waals surface area contributed by atoms with E-state index in [0.29, 0.717) is 45.7 Å². The molecular weight excluding hydrogens is 222 g/mol. The Bertz CT molecular complexity index is 272. The third-order valence-corrected chi connectivity index (χ3v) is 2.61. The van der Waals surface area contributed by atoms with Crippen LogP contribution >= 0.6 is 0 Å². The fraction of sp³-hybridized carbons (Fsp3) is 0.800. The number of aliphatic imine (C=N–C) groups is 1. The summed E-state index contributed by atoms with van der Waals surface area (Å²) >= 11 is 0. The van der Waals surface area contributed by atoms with Gasteiger partial charge in [-0.05, 0) is 12.8 Å². The lowest BCUT2D eigenvalue weighted by Crippen LogP contribution is -2.48. The number of ether oxygens (including phenoxy) is 1. The molecule has 1 saturated heterocycles. The molecule has 17 heavy (non-hydrogen) atoms. The van der Waals surface area contributed by atoms with Crippen LogP contribution in [0.4, 0.5) is 0 Å². The van der Waals surface area contributed by atoms with Gasteiger partial charge in [0.15, 0.2) is 5.96 Å². The molecule has 0 aliphatic carbocycles. The molecule has 7 nitrogen and oxygen atoms in total. The summed E-state index contributed by atoms with van der Waals surface area (Å²) in [5.41, 5.74) is 16.2. The number of amides is 1. The van der Waals surface area contributed by atoms with Crippen molar-refractivity contribution in [3.63, 3.8) is 0 Å². The van der Waals surface area contributed by atoms with Crippen molar-refractivity contribution >= 4 is 11.9 Å². The molecule has 0 radical (unpaired) electrons. The number of morpholine rings is 1. The monoisotopic (exact) mass is 243 g/mol. The average molecular weight is 243 g/mol. The van der Waals surface area contributed by atoms with Crippen LogP contribution in [0.5, 0.6) is 0 Å². The van der Waals surface area contributed by atoms with Gasteiger partial charge >= 0.3 is 0 Å². The summed E-state index contributed by atoms with van der Waals surface area (Å²) in [6.45, 7) is 2.94. The lowest BCUT2D eigenvalue weighted by Gasteiger charge is -2.29. The first-order valence-corrected chi connectivity index (χ1v) is 5.78. The Morgan fingerprint density at radius 3 is 2.59 bits per heavy atom. The lowest BCUT2D eigenvalue weighted by atomic mass is 10.1. The van der Waals surface area contributed by atoms with Crippen LogP contribution in [0.15, 0.2) is 4.99 Å². The van der Waals surface area contributed by atoms with E-state index in [2.05, 4.69) is 4.99 Å². The maximum atomic E-state index is 11.9. The van der Waals surface area contributed by atoms with Gasteiger partial charge in [-0.25, -0.2) is 0 Å². The Hall–Kier alpha value is -1.34. The highest BCUT2D eigenvalue weighted by Crippen LogP contribution is 2.03. The maximum Gasteiger partial charge on any atom is 0.239 e. The molecule has 0 spiro atoms. The first-order valence-electron chi connectivity index (χ1n) is 5.78. The van der Waals surface area contributed by atoms with Crippen molar-refractivity contribution in [3.05, 3.63) is 0 Å². The molecule has 1 atom stereocenters. The second kappa shape index (κ2) is 7.08. The molecule has 1 heterocycles. The average Bonchev–Trinajstić information content (AvgIpc) is 2.34. The number of hydrogen-bond acceptors (Lipinski definition) is 4. The molecule has 1 aliphatic rings. The summed E-state index contributed by atoms with van der Waals surface area (Å²) in [6.07, 6.45) is 1.29. The Labute approximate surface area is 101 Å². The first-order chi connectivity index (χ1) is 8.11. The molecule has 1 aliphatic heterocycles. The van der Waals surface area contributed by atoms with Gasteiger partial charge in [0, 0.05) is 19.6 Å². The molecule has 1 rings (SSSR count). The summed E-state index contributed by atoms with van der Waals surface area (Å²) in [5.74, 6) is 0.0519. The fourth-order valence-corrected chi connectivity index (χ4v) is 1.66. The molecule has 1 amide bonds. The standard InChI is InChI=1S/C10H21N5O2/c11-8(2-1-3-14-10(12)13)9(16)15-4-6-17-7-5-15/h8H,1-7,11H2,(H4,12,13,14)/t8-/m1/s1. The van der Waals surface area contributed by atoms with E-state index in [9.17, 15) is 4.79 Å². The molecule has 0 bridgehead atoms. The second-order valence-electron chi connectivity index (χ2n) is 3.99. The van der Waals surface area contributed by atoms with E-state index in [1.54, 1.807) is 4.90 Å². The van der Waals surface area contributed by atoms with Crippen LogP contribution in [0.2, 0.25) is 0 Å². The summed E-state index contributed by atoms with van der Waals surface area (Å²) in [4.78, 5) is 17.5. The van der Waals surface area contributed by atoms with Gasteiger partial charge in [-0.1, -0.05) is 0 Å². The maximum absolute atomic E-state index is 11.9. The number of guanidine groups is 1. The predicted octanol–water partition coefficient (Wildman–Crippen LogP) is -1.77. The van der Waals surface area contributed by atoms with Crippen LogP contribution in [0.3, 0.4) is 0 Å². The first kappa shape index (κ1) is 13.7. The minimum Gasteiger partial charge on any atom is -0.378 e. The predicted molar refractivity (Wildman–Crippen MR) is 65.3 cm³/mol. The molecule has 98 valence electrons. The molecule has 0 aromatic heterocycles. The molecule has 0 saturated carbocycles. The Morgan fingerprint density at radius 2 is 2.00 bits per heavy atom. The second-order valence-corrected chi connectivity index (χ2v) is 3.99. The number of hydrogen-bond donors (Lipinski definition) is 3. The van der Waals surface area contributed by atoms with E-state index < -0.39 is 6.04 Å². The van der Waals surface area contributed by atoms with Crippen LogP contribution in [0, 0.1) is 0 Å². The van der Waals surface area contributed by atoms with E-state index in [-0.39, 0.29) is 11.9 Å². The normalized spacial score (nSPS) is 17.6. The van der Waals surface area contributed by atoms with Crippen LogP contribution in [-0.4, -0.2) is 55.7 Å². The molecule has 6 N–H and O–H groups in total. The molecule has 7 heteroatoms. The quantitative estimate of drug-likeness (QED) is 0.300. The number of carbonyl (C=O) groups is 1. The number of nitrogens with two attached hydrogens (primary N) is 3. The summed E-state index contributed by atoms with van der Waals surface area (Å²) in [5, 5.41) is 0. The molecular formula is C10H21N5O2. The largest absolute Gasteiger partial charge is 0.378 e. The van der Waals surface area contributed by atoms with Crippen molar-refractivity contribution in [2.45, 2.75) is 18.9 Å². The lowest BCUT2D eigenvalue weighted by molar-refractivity contribution is -0.136. The Kier molecular flexibility index (Phi) is 5.71.